The summed E-state index contributed by atoms with van der Waals surface area (Å²) in [4.78, 5) is 38.0. The van der Waals surface area contributed by atoms with Gasteiger partial charge in [-0.15, -0.1) is 0 Å². The molecule has 23 heavy (non-hydrogen) atoms. The molecule has 1 saturated carbocycles. The lowest BCUT2D eigenvalue weighted by molar-refractivity contribution is -0.133. The minimum absolute atomic E-state index is 0.0244. The number of nitrogens with one attached hydrogen (secondary N) is 1. The van der Waals surface area contributed by atoms with Gasteiger partial charge in [0.05, 0.1) is 30.2 Å². The van der Waals surface area contributed by atoms with E-state index in [-0.39, 0.29) is 23.7 Å². The average molecular weight is 318 g/mol. The maximum Gasteiger partial charge on any atom is 0.339 e. The van der Waals surface area contributed by atoms with E-state index < -0.39 is 5.97 Å². The van der Waals surface area contributed by atoms with Gasteiger partial charge in [-0.2, -0.15) is 0 Å². The van der Waals surface area contributed by atoms with Crippen LogP contribution in [0.4, 0.5) is 5.69 Å². The Morgan fingerprint density at radius 3 is 2.43 bits per heavy atom. The summed E-state index contributed by atoms with van der Waals surface area (Å²) in [5.41, 5.74) is 0.709. The molecule has 1 N–H and O–H groups in total. The van der Waals surface area contributed by atoms with Gasteiger partial charge in [-0.05, 0) is 32.4 Å². The third-order valence-electron chi connectivity index (χ3n) is 4.11. The topological polar surface area (TPSA) is 75.7 Å². The standard InChI is InChI=1S/C17H22N2O4/c1-4-19(5-2)16(21)13-10-12(13)15(20)18-14-9-7-6-8-11(14)17(22)23-3/h6-9,12-13H,4-5,10H2,1-3H3,(H,18,20). The summed E-state index contributed by atoms with van der Waals surface area (Å²) in [7, 11) is 1.29. The van der Waals surface area contributed by atoms with Crippen molar-refractivity contribution >= 4 is 23.5 Å². The number of esters is 1. The van der Waals surface area contributed by atoms with Gasteiger partial charge in [-0.25, -0.2) is 4.79 Å². The minimum Gasteiger partial charge on any atom is -0.465 e. The monoisotopic (exact) mass is 318 g/mol. The zero-order valence-corrected chi connectivity index (χ0v) is 13.7. The van der Waals surface area contributed by atoms with Crippen LogP contribution in [0.1, 0.15) is 30.6 Å². The molecular weight excluding hydrogens is 296 g/mol. The number of benzene rings is 1. The van der Waals surface area contributed by atoms with Gasteiger partial charge < -0.3 is 15.0 Å². The summed E-state index contributed by atoms with van der Waals surface area (Å²) in [6.45, 7) is 5.13. The molecule has 1 aromatic carbocycles. The second-order valence-corrected chi connectivity index (χ2v) is 5.49. The molecule has 1 fully saturated rings. The molecule has 0 saturated heterocycles. The van der Waals surface area contributed by atoms with Crippen LogP contribution in [0.15, 0.2) is 24.3 Å². The van der Waals surface area contributed by atoms with Gasteiger partial charge in [0.2, 0.25) is 11.8 Å². The Bertz CT molecular complexity index is 610. The lowest BCUT2D eigenvalue weighted by atomic mass is 10.1. The first kappa shape index (κ1) is 17.0. The van der Waals surface area contributed by atoms with Crippen LogP contribution in [-0.2, 0) is 14.3 Å². The van der Waals surface area contributed by atoms with Crippen LogP contribution < -0.4 is 5.32 Å². The molecule has 0 bridgehead atoms. The Morgan fingerprint density at radius 1 is 1.17 bits per heavy atom. The van der Waals surface area contributed by atoms with E-state index in [1.54, 1.807) is 29.2 Å². The summed E-state index contributed by atoms with van der Waals surface area (Å²) >= 11 is 0. The zero-order chi connectivity index (χ0) is 17.0. The largest absolute Gasteiger partial charge is 0.465 e. The quantitative estimate of drug-likeness (QED) is 0.813. The fourth-order valence-corrected chi connectivity index (χ4v) is 2.63. The molecule has 2 atom stereocenters. The molecule has 0 aliphatic heterocycles. The molecule has 0 aromatic heterocycles. The highest BCUT2D eigenvalue weighted by Crippen LogP contribution is 2.41. The van der Waals surface area contributed by atoms with Gasteiger partial charge in [-0.3, -0.25) is 9.59 Å². The first-order valence-corrected chi connectivity index (χ1v) is 7.80. The molecule has 2 amide bonds. The number of anilines is 1. The van der Waals surface area contributed by atoms with Crippen LogP contribution in [0, 0.1) is 11.8 Å². The van der Waals surface area contributed by atoms with Gasteiger partial charge in [0, 0.05) is 13.1 Å². The number of hydrogen-bond donors (Lipinski definition) is 1. The first-order chi connectivity index (χ1) is 11.0. The van der Waals surface area contributed by atoms with E-state index in [9.17, 15) is 14.4 Å². The minimum atomic E-state index is -0.507. The number of nitrogens with zero attached hydrogens (tertiary/aromatic N) is 1. The van der Waals surface area contributed by atoms with E-state index >= 15 is 0 Å². The van der Waals surface area contributed by atoms with Crippen LogP contribution >= 0.6 is 0 Å². The molecule has 0 spiro atoms. The molecule has 2 unspecified atom stereocenters. The number of carbonyl (C=O) groups excluding carboxylic acids is 3. The molecular formula is C17H22N2O4. The highest BCUT2D eigenvalue weighted by atomic mass is 16.5. The van der Waals surface area contributed by atoms with Gasteiger partial charge in [0.15, 0.2) is 0 Å². The molecule has 6 heteroatoms. The van der Waals surface area contributed by atoms with Crippen LogP contribution in [0.25, 0.3) is 0 Å². The smallest absolute Gasteiger partial charge is 0.339 e. The normalized spacial score (nSPS) is 18.9. The summed E-state index contributed by atoms with van der Waals surface area (Å²) in [6.07, 6.45) is 0.557. The van der Waals surface area contributed by atoms with E-state index in [4.69, 9.17) is 4.74 Å². The Kier molecular flexibility index (Phi) is 5.36. The van der Waals surface area contributed by atoms with Gasteiger partial charge in [0.1, 0.15) is 0 Å². The van der Waals surface area contributed by atoms with Crippen LogP contribution in [0.5, 0.6) is 0 Å². The molecule has 1 aliphatic carbocycles. The number of ether oxygens (including phenoxy) is 1. The number of amides is 2. The van der Waals surface area contributed by atoms with Crippen LogP contribution in [-0.4, -0.2) is 42.9 Å². The summed E-state index contributed by atoms with van der Waals surface area (Å²) in [5.74, 6) is -1.29. The van der Waals surface area contributed by atoms with Crippen molar-refractivity contribution < 1.29 is 19.1 Å². The van der Waals surface area contributed by atoms with Gasteiger partial charge >= 0.3 is 5.97 Å². The molecule has 1 aliphatic rings. The van der Waals surface area contributed by atoms with Crippen molar-refractivity contribution in [2.24, 2.45) is 11.8 Å². The lowest BCUT2D eigenvalue weighted by Gasteiger charge is -2.18. The van der Waals surface area contributed by atoms with Gasteiger partial charge in [-0.1, -0.05) is 12.1 Å². The van der Waals surface area contributed by atoms with E-state index in [0.717, 1.165) is 0 Å². The number of para-hydroxylation sites is 1. The second kappa shape index (κ2) is 7.26. The van der Waals surface area contributed by atoms with Crippen molar-refractivity contribution in [1.82, 2.24) is 4.90 Å². The highest BCUT2D eigenvalue weighted by molar-refractivity contribution is 6.04. The highest BCUT2D eigenvalue weighted by Gasteiger charge is 2.49. The third-order valence-corrected chi connectivity index (χ3v) is 4.11. The number of rotatable bonds is 6. The average Bonchev–Trinajstić information content (AvgIpc) is 3.36. The molecule has 0 heterocycles. The summed E-state index contributed by atoms with van der Waals surface area (Å²) in [5, 5.41) is 2.74. The van der Waals surface area contributed by atoms with E-state index in [1.807, 2.05) is 13.8 Å². The van der Waals surface area contributed by atoms with E-state index in [2.05, 4.69) is 5.32 Å². The van der Waals surface area contributed by atoms with Crippen molar-refractivity contribution in [3.8, 4) is 0 Å². The maximum atomic E-state index is 12.3. The Hall–Kier alpha value is -2.37. The summed E-state index contributed by atoms with van der Waals surface area (Å²) in [6, 6.07) is 6.67. The molecule has 0 radical (unpaired) electrons. The Labute approximate surface area is 135 Å². The molecule has 2 rings (SSSR count). The predicted molar refractivity (Wildman–Crippen MR) is 85.9 cm³/mol. The van der Waals surface area contributed by atoms with Crippen molar-refractivity contribution in [2.45, 2.75) is 20.3 Å². The number of hydrogen-bond acceptors (Lipinski definition) is 4. The summed E-state index contributed by atoms with van der Waals surface area (Å²) < 4.78 is 4.70. The van der Waals surface area contributed by atoms with Crippen LogP contribution in [0.3, 0.4) is 0 Å². The Balaban J connectivity index is 2.02. The predicted octanol–water partition coefficient (Wildman–Crippen LogP) is 1.92. The van der Waals surface area contributed by atoms with Crippen molar-refractivity contribution in [3.63, 3.8) is 0 Å². The SMILES string of the molecule is CCN(CC)C(=O)C1CC1C(=O)Nc1ccccc1C(=O)OC. The van der Waals surface area contributed by atoms with Gasteiger partial charge in [0.25, 0.3) is 0 Å². The van der Waals surface area contributed by atoms with Crippen molar-refractivity contribution in [3.05, 3.63) is 29.8 Å². The van der Waals surface area contributed by atoms with E-state index in [0.29, 0.717) is 30.8 Å². The van der Waals surface area contributed by atoms with Crippen molar-refractivity contribution in [1.29, 1.82) is 0 Å². The number of carbonyl (C=O) groups is 3. The maximum absolute atomic E-state index is 12.3. The first-order valence-electron chi connectivity index (χ1n) is 7.80. The number of methoxy groups -OCH3 is 1. The lowest BCUT2D eigenvalue weighted by Crippen LogP contribution is -2.33. The second-order valence-electron chi connectivity index (χ2n) is 5.49. The zero-order valence-electron chi connectivity index (χ0n) is 13.7. The third kappa shape index (κ3) is 3.70. The molecule has 1 aromatic rings. The van der Waals surface area contributed by atoms with E-state index in [1.165, 1.54) is 7.11 Å². The van der Waals surface area contributed by atoms with Crippen molar-refractivity contribution in [2.75, 3.05) is 25.5 Å². The fourth-order valence-electron chi connectivity index (χ4n) is 2.63. The van der Waals surface area contributed by atoms with Crippen LogP contribution in [0.2, 0.25) is 0 Å². The molecule has 124 valence electrons. The Morgan fingerprint density at radius 2 is 1.83 bits per heavy atom. The fraction of sp³-hybridized carbons (Fsp3) is 0.471. The molecule has 6 nitrogen and oxygen atoms in total.